The standard InChI is InChI=1S/C15H23N3O/c1-10-5-6-13(8-15(10)16-12(3)19)17-14-7-11(2)18(4)9-14/h5-6,8,11,14,17H,7,9H2,1-4H3,(H,16,19). The van der Waals surface area contributed by atoms with Crippen LogP contribution >= 0.6 is 0 Å². The fourth-order valence-corrected chi connectivity index (χ4v) is 2.57. The van der Waals surface area contributed by atoms with Crippen LogP contribution in [0.4, 0.5) is 11.4 Å². The maximum Gasteiger partial charge on any atom is 0.221 e. The zero-order valence-electron chi connectivity index (χ0n) is 12.2. The minimum Gasteiger partial charge on any atom is -0.381 e. The summed E-state index contributed by atoms with van der Waals surface area (Å²) in [5.41, 5.74) is 3.04. The largest absolute Gasteiger partial charge is 0.381 e. The molecule has 4 nitrogen and oxygen atoms in total. The molecule has 1 saturated heterocycles. The van der Waals surface area contributed by atoms with Gasteiger partial charge < -0.3 is 15.5 Å². The van der Waals surface area contributed by atoms with E-state index in [0.29, 0.717) is 12.1 Å². The number of likely N-dealkylation sites (tertiary alicyclic amines) is 1. The molecule has 2 N–H and O–H groups in total. The number of carbonyl (C=O) groups excluding carboxylic acids is 1. The second kappa shape index (κ2) is 5.61. The number of nitrogens with one attached hydrogen (secondary N) is 2. The molecule has 1 aliphatic rings. The molecule has 1 aromatic rings. The highest BCUT2D eigenvalue weighted by molar-refractivity contribution is 5.90. The number of aryl methyl sites for hydroxylation is 1. The van der Waals surface area contributed by atoms with E-state index >= 15 is 0 Å². The first kappa shape index (κ1) is 13.9. The van der Waals surface area contributed by atoms with Gasteiger partial charge in [0.05, 0.1) is 0 Å². The Bertz CT molecular complexity index is 462. The number of benzene rings is 1. The number of rotatable bonds is 3. The quantitative estimate of drug-likeness (QED) is 0.878. The number of amides is 1. The van der Waals surface area contributed by atoms with E-state index in [0.717, 1.165) is 29.9 Å². The van der Waals surface area contributed by atoms with Gasteiger partial charge in [-0.2, -0.15) is 0 Å². The predicted molar refractivity (Wildman–Crippen MR) is 79.6 cm³/mol. The molecule has 0 aromatic heterocycles. The molecular formula is C15H23N3O. The third-order valence-corrected chi connectivity index (χ3v) is 3.81. The van der Waals surface area contributed by atoms with Crippen molar-refractivity contribution >= 4 is 17.3 Å². The Morgan fingerprint density at radius 3 is 2.74 bits per heavy atom. The van der Waals surface area contributed by atoms with Gasteiger partial charge in [-0.1, -0.05) is 6.07 Å². The SMILES string of the molecule is CC(=O)Nc1cc(NC2CC(C)N(C)C2)ccc1C. The molecule has 104 valence electrons. The number of hydrogen-bond donors (Lipinski definition) is 2. The van der Waals surface area contributed by atoms with E-state index in [9.17, 15) is 4.79 Å². The maximum absolute atomic E-state index is 11.2. The van der Waals surface area contributed by atoms with E-state index < -0.39 is 0 Å². The molecule has 1 fully saturated rings. The molecule has 0 saturated carbocycles. The van der Waals surface area contributed by atoms with E-state index in [1.807, 2.05) is 19.1 Å². The van der Waals surface area contributed by atoms with Crippen LogP contribution in [0.1, 0.15) is 25.8 Å². The Hall–Kier alpha value is -1.55. The van der Waals surface area contributed by atoms with E-state index in [-0.39, 0.29) is 5.91 Å². The lowest BCUT2D eigenvalue weighted by atomic mass is 10.1. The Morgan fingerprint density at radius 2 is 2.16 bits per heavy atom. The van der Waals surface area contributed by atoms with Crippen LogP contribution in [0.5, 0.6) is 0 Å². The molecule has 19 heavy (non-hydrogen) atoms. The normalized spacial score (nSPS) is 23.4. The monoisotopic (exact) mass is 261 g/mol. The summed E-state index contributed by atoms with van der Waals surface area (Å²) in [6.45, 7) is 6.84. The summed E-state index contributed by atoms with van der Waals surface area (Å²) in [7, 11) is 2.16. The van der Waals surface area contributed by atoms with Gasteiger partial charge in [-0.15, -0.1) is 0 Å². The van der Waals surface area contributed by atoms with Crippen molar-refractivity contribution in [2.75, 3.05) is 24.2 Å². The first-order valence-electron chi connectivity index (χ1n) is 6.80. The Kier molecular flexibility index (Phi) is 4.10. The third-order valence-electron chi connectivity index (χ3n) is 3.81. The molecule has 1 heterocycles. The van der Waals surface area contributed by atoms with Crippen LogP contribution in [0, 0.1) is 6.92 Å². The van der Waals surface area contributed by atoms with Crippen molar-refractivity contribution < 1.29 is 4.79 Å². The summed E-state index contributed by atoms with van der Waals surface area (Å²) in [6.07, 6.45) is 1.15. The molecule has 0 aliphatic carbocycles. The van der Waals surface area contributed by atoms with Crippen LogP contribution in [-0.2, 0) is 4.79 Å². The highest BCUT2D eigenvalue weighted by Crippen LogP contribution is 2.24. The molecule has 2 unspecified atom stereocenters. The van der Waals surface area contributed by atoms with Crippen molar-refractivity contribution in [3.05, 3.63) is 23.8 Å². The summed E-state index contributed by atoms with van der Waals surface area (Å²) >= 11 is 0. The van der Waals surface area contributed by atoms with Gasteiger partial charge in [0.2, 0.25) is 5.91 Å². The van der Waals surface area contributed by atoms with Crippen molar-refractivity contribution in [2.45, 2.75) is 39.3 Å². The van der Waals surface area contributed by atoms with Crippen molar-refractivity contribution in [1.29, 1.82) is 0 Å². The van der Waals surface area contributed by atoms with Gasteiger partial charge in [-0.25, -0.2) is 0 Å². The van der Waals surface area contributed by atoms with E-state index in [4.69, 9.17) is 0 Å². The summed E-state index contributed by atoms with van der Waals surface area (Å²) in [5.74, 6) is -0.0329. The molecule has 0 bridgehead atoms. The van der Waals surface area contributed by atoms with Gasteiger partial charge in [0, 0.05) is 36.9 Å². The van der Waals surface area contributed by atoms with Gasteiger partial charge >= 0.3 is 0 Å². The molecule has 0 radical (unpaired) electrons. The molecule has 0 spiro atoms. The van der Waals surface area contributed by atoms with Crippen molar-refractivity contribution in [2.24, 2.45) is 0 Å². The molecule has 4 heteroatoms. The average Bonchev–Trinajstić information content (AvgIpc) is 2.62. The maximum atomic E-state index is 11.2. The fraction of sp³-hybridized carbons (Fsp3) is 0.533. The second-order valence-electron chi connectivity index (χ2n) is 5.58. The number of nitrogens with zero attached hydrogens (tertiary/aromatic N) is 1. The van der Waals surface area contributed by atoms with Crippen LogP contribution in [0.15, 0.2) is 18.2 Å². The van der Waals surface area contributed by atoms with E-state index in [1.54, 1.807) is 0 Å². The lowest BCUT2D eigenvalue weighted by molar-refractivity contribution is -0.114. The summed E-state index contributed by atoms with van der Waals surface area (Å²) < 4.78 is 0. The Morgan fingerprint density at radius 1 is 1.42 bits per heavy atom. The predicted octanol–water partition coefficient (Wildman–Crippen LogP) is 2.46. The highest BCUT2D eigenvalue weighted by atomic mass is 16.1. The van der Waals surface area contributed by atoms with Crippen LogP contribution in [-0.4, -0.2) is 36.5 Å². The number of carbonyl (C=O) groups is 1. The number of hydrogen-bond acceptors (Lipinski definition) is 3. The fourth-order valence-electron chi connectivity index (χ4n) is 2.57. The first-order valence-corrected chi connectivity index (χ1v) is 6.80. The van der Waals surface area contributed by atoms with Gasteiger partial charge in [0.1, 0.15) is 0 Å². The van der Waals surface area contributed by atoms with Crippen molar-refractivity contribution in [3.8, 4) is 0 Å². The van der Waals surface area contributed by atoms with Crippen molar-refractivity contribution in [3.63, 3.8) is 0 Å². The highest BCUT2D eigenvalue weighted by Gasteiger charge is 2.25. The van der Waals surface area contributed by atoms with Crippen LogP contribution in [0.2, 0.25) is 0 Å². The summed E-state index contributed by atoms with van der Waals surface area (Å²) in [4.78, 5) is 13.5. The zero-order valence-corrected chi connectivity index (χ0v) is 12.2. The molecule has 1 amide bonds. The summed E-state index contributed by atoms with van der Waals surface area (Å²) in [6, 6.07) is 7.23. The number of likely N-dealkylation sites (N-methyl/N-ethyl adjacent to an activating group) is 1. The lowest BCUT2D eigenvalue weighted by Gasteiger charge is -2.16. The van der Waals surface area contributed by atoms with Crippen LogP contribution in [0.25, 0.3) is 0 Å². The zero-order chi connectivity index (χ0) is 14.0. The molecule has 1 aliphatic heterocycles. The molecule has 1 aromatic carbocycles. The molecule has 2 atom stereocenters. The van der Waals surface area contributed by atoms with Gasteiger partial charge in [-0.05, 0) is 45.0 Å². The van der Waals surface area contributed by atoms with Gasteiger partial charge in [0.25, 0.3) is 0 Å². The minimum atomic E-state index is -0.0329. The Labute approximate surface area is 115 Å². The van der Waals surface area contributed by atoms with Gasteiger partial charge in [-0.3, -0.25) is 4.79 Å². The topological polar surface area (TPSA) is 44.4 Å². The van der Waals surface area contributed by atoms with Crippen LogP contribution < -0.4 is 10.6 Å². The smallest absolute Gasteiger partial charge is 0.221 e. The summed E-state index contributed by atoms with van der Waals surface area (Å²) in [5, 5.41) is 6.42. The van der Waals surface area contributed by atoms with E-state index in [2.05, 4.69) is 35.6 Å². The first-order chi connectivity index (χ1) is 8.95. The lowest BCUT2D eigenvalue weighted by Crippen LogP contribution is -2.24. The second-order valence-corrected chi connectivity index (χ2v) is 5.58. The average molecular weight is 261 g/mol. The van der Waals surface area contributed by atoms with E-state index in [1.165, 1.54) is 6.92 Å². The molecular weight excluding hydrogens is 238 g/mol. The molecule has 2 rings (SSSR count). The van der Waals surface area contributed by atoms with Crippen molar-refractivity contribution in [1.82, 2.24) is 4.90 Å². The minimum absolute atomic E-state index is 0.0329. The van der Waals surface area contributed by atoms with Crippen LogP contribution in [0.3, 0.4) is 0 Å². The Balaban J connectivity index is 2.07. The third kappa shape index (κ3) is 3.47. The van der Waals surface area contributed by atoms with Gasteiger partial charge in [0.15, 0.2) is 0 Å². The number of anilines is 2.